The van der Waals surface area contributed by atoms with Gasteiger partial charge in [0.25, 0.3) is 0 Å². The van der Waals surface area contributed by atoms with Gasteiger partial charge in [0.05, 0.1) is 12.3 Å². The molecule has 1 N–H and O–H groups in total. The van der Waals surface area contributed by atoms with Crippen LogP contribution in [0.1, 0.15) is 36.5 Å². The first kappa shape index (κ1) is 25.3. The average Bonchev–Trinajstić information content (AvgIpc) is 3.27. The number of likely N-dealkylation sites (tertiary alicyclic amines) is 1. The van der Waals surface area contributed by atoms with E-state index in [4.69, 9.17) is 16.7 Å². The summed E-state index contributed by atoms with van der Waals surface area (Å²) in [5.41, 5.74) is 3.99. The van der Waals surface area contributed by atoms with E-state index >= 15 is 0 Å². The number of hydrogen-bond donors (Lipinski definition) is 1. The first-order valence-corrected chi connectivity index (χ1v) is 13.0. The number of rotatable bonds is 10. The summed E-state index contributed by atoms with van der Waals surface area (Å²) >= 11 is 7.69. The zero-order chi connectivity index (χ0) is 24.9. The van der Waals surface area contributed by atoms with Crippen molar-refractivity contribution in [3.63, 3.8) is 0 Å². The van der Waals surface area contributed by atoms with Gasteiger partial charge < -0.3 is 5.11 Å². The standard InChI is InChI=1S/C26H29ClN4O3S/c1-3-4-11-31(23(32)13-19-7-5-6-8-22(19)27)26-29-28-24(35-26)21-10-9-18(12-17(21)2)14-30-15-20(16-30)25(33)34/h5-10,12,20H,3-4,11,13-16H2,1-2H3,(H,33,34). The monoisotopic (exact) mass is 512 g/mol. The number of carbonyl (C=O) groups is 2. The third-order valence-corrected chi connectivity index (χ3v) is 7.56. The fourth-order valence-corrected chi connectivity index (χ4v) is 5.34. The lowest BCUT2D eigenvalue weighted by atomic mass is 9.98. The molecule has 3 aromatic rings. The minimum Gasteiger partial charge on any atom is -0.481 e. The van der Waals surface area contributed by atoms with Crippen molar-refractivity contribution < 1.29 is 14.7 Å². The SMILES string of the molecule is CCCCN(C(=O)Cc1ccccc1Cl)c1nnc(-c2ccc(CN3CC(C(=O)O)C3)cc2C)s1. The van der Waals surface area contributed by atoms with Gasteiger partial charge in [0, 0.05) is 36.8 Å². The third kappa shape index (κ3) is 6.07. The Bertz CT molecular complexity index is 1210. The number of nitrogens with zero attached hydrogens (tertiary/aromatic N) is 4. The van der Waals surface area contributed by atoms with Crippen LogP contribution in [0.2, 0.25) is 5.02 Å². The zero-order valence-corrected chi connectivity index (χ0v) is 21.5. The summed E-state index contributed by atoms with van der Waals surface area (Å²) in [4.78, 5) is 28.1. The van der Waals surface area contributed by atoms with Crippen LogP contribution < -0.4 is 4.90 Å². The number of halogens is 1. The molecule has 1 amide bonds. The van der Waals surface area contributed by atoms with E-state index in [0.717, 1.165) is 46.6 Å². The van der Waals surface area contributed by atoms with Crippen molar-refractivity contribution in [2.24, 2.45) is 5.92 Å². The van der Waals surface area contributed by atoms with Gasteiger partial charge in [0.2, 0.25) is 11.0 Å². The molecule has 1 aromatic heterocycles. The van der Waals surface area contributed by atoms with Crippen molar-refractivity contribution in [3.05, 3.63) is 64.2 Å². The van der Waals surface area contributed by atoms with Gasteiger partial charge in [-0.05, 0) is 36.1 Å². The van der Waals surface area contributed by atoms with Crippen LogP contribution >= 0.6 is 22.9 Å². The van der Waals surface area contributed by atoms with E-state index in [0.29, 0.717) is 29.8 Å². The molecule has 2 aromatic carbocycles. The number of aliphatic carboxylic acids is 1. The fraction of sp³-hybridized carbons (Fsp3) is 0.385. The molecule has 0 bridgehead atoms. The minimum absolute atomic E-state index is 0.0458. The Labute approximate surface area is 214 Å². The molecule has 2 heterocycles. The smallest absolute Gasteiger partial charge is 0.309 e. The van der Waals surface area contributed by atoms with Crippen LogP contribution in [0.5, 0.6) is 0 Å². The van der Waals surface area contributed by atoms with E-state index in [1.54, 1.807) is 11.0 Å². The number of aryl methyl sites for hydroxylation is 1. The highest BCUT2D eigenvalue weighted by atomic mass is 35.5. The lowest BCUT2D eigenvalue weighted by Crippen LogP contribution is -2.49. The number of carboxylic acids is 1. The van der Waals surface area contributed by atoms with Gasteiger partial charge in [0.15, 0.2) is 0 Å². The summed E-state index contributed by atoms with van der Waals surface area (Å²) < 4.78 is 0. The van der Waals surface area contributed by atoms with Crippen LogP contribution in [0, 0.1) is 12.8 Å². The van der Waals surface area contributed by atoms with Crippen LogP contribution in [0.15, 0.2) is 42.5 Å². The van der Waals surface area contributed by atoms with Crippen molar-refractivity contribution in [1.82, 2.24) is 15.1 Å². The van der Waals surface area contributed by atoms with E-state index < -0.39 is 5.97 Å². The second-order valence-corrected chi connectivity index (χ2v) is 10.3. The molecule has 1 aliphatic rings. The van der Waals surface area contributed by atoms with Crippen LogP contribution in [0.25, 0.3) is 10.6 Å². The molecule has 7 nitrogen and oxygen atoms in total. The van der Waals surface area contributed by atoms with E-state index in [9.17, 15) is 9.59 Å². The summed E-state index contributed by atoms with van der Waals surface area (Å²) in [7, 11) is 0. The predicted octanol–water partition coefficient (Wildman–Crippen LogP) is 5.06. The van der Waals surface area contributed by atoms with Crippen LogP contribution in [0.4, 0.5) is 5.13 Å². The maximum Gasteiger partial charge on any atom is 0.309 e. The highest BCUT2D eigenvalue weighted by Gasteiger charge is 2.32. The highest BCUT2D eigenvalue weighted by Crippen LogP contribution is 2.32. The first-order valence-electron chi connectivity index (χ1n) is 11.8. The van der Waals surface area contributed by atoms with E-state index in [-0.39, 0.29) is 18.2 Å². The molecular formula is C26H29ClN4O3S. The van der Waals surface area contributed by atoms with Crippen molar-refractivity contribution in [1.29, 1.82) is 0 Å². The molecule has 184 valence electrons. The molecule has 0 atom stereocenters. The van der Waals surface area contributed by atoms with Gasteiger partial charge in [-0.25, -0.2) is 0 Å². The number of benzene rings is 2. The third-order valence-electron chi connectivity index (χ3n) is 6.21. The normalized spacial score (nSPS) is 14.0. The Morgan fingerprint density at radius 1 is 1.20 bits per heavy atom. The fourth-order valence-electron chi connectivity index (χ4n) is 4.15. The molecule has 1 fully saturated rings. The maximum absolute atomic E-state index is 13.2. The van der Waals surface area contributed by atoms with Gasteiger partial charge >= 0.3 is 5.97 Å². The molecule has 0 saturated carbocycles. The Kier molecular flexibility index (Phi) is 8.15. The van der Waals surface area contributed by atoms with Crippen molar-refractivity contribution in [2.75, 3.05) is 24.5 Å². The summed E-state index contributed by atoms with van der Waals surface area (Å²) in [6.07, 6.45) is 2.05. The van der Waals surface area contributed by atoms with Gasteiger partial charge in [0.1, 0.15) is 5.01 Å². The highest BCUT2D eigenvalue weighted by molar-refractivity contribution is 7.18. The van der Waals surface area contributed by atoms with Crippen molar-refractivity contribution in [2.45, 2.75) is 39.7 Å². The molecule has 0 aliphatic carbocycles. The van der Waals surface area contributed by atoms with E-state index in [1.807, 2.05) is 31.2 Å². The number of carboxylic acid groups (broad SMARTS) is 1. The van der Waals surface area contributed by atoms with Gasteiger partial charge in [-0.3, -0.25) is 19.4 Å². The molecule has 35 heavy (non-hydrogen) atoms. The Balaban J connectivity index is 1.48. The molecule has 0 unspecified atom stereocenters. The second kappa shape index (κ2) is 11.3. The summed E-state index contributed by atoms with van der Waals surface area (Å²) in [5, 5.41) is 19.8. The number of aromatic nitrogens is 2. The molecular weight excluding hydrogens is 484 g/mol. The minimum atomic E-state index is -0.724. The zero-order valence-electron chi connectivity index (χ0n) is 19.9. The van der Waals surface area contributed by atoms with Gasteiger partial charge in [-0.1, -0.05) is 72.7 Å². The number of unbranched alkanes of at least 4 members (excludes halogenated alkanes) is 1. The lowest BCUT2D eigenvalue weighted by Gasteiger charge is -2.36. The van der Waals surface area contributed by atoms with Crippen LogP contribution in [-0.2, 0) is 22.6 Å². The van der Waals surface area contributed by atoms with Gasteiger partial charge in [-0.2, -0.15) is 0 Å². The van der Waals surface area contributed by atoms with E-state index in [1.165, 1.54) is 11.3 Å². The number of amides is 1. The Morgan fingerprint density at radius 3 is 2.66 bits per heavy atom. The molecule has 9 heteroatoms. The van der Waals surface area contributed by atoms with Crippen LogP contribution in [0.3, 0.4) is 0 Å². The summed E-state index contributed by atoms with van der Waals surface area (Å²) in [6, 6.07) is 13.6. The second-order valence-electron chi connectivity index (χ2n) is 8.94. The molecule has 4 rings (SSSR count). The lowest BCUT2D eigenvalue weighted by molar-refractivity contribution is -0.147. The van der Waals surface area contributed by atoms with Crippen molar-refractivity contribution >= 4 is 39.9 Å². The summed E-state index contributed by atoms with van der Waals surface area (Å²) in [5.74, 6) is -1.03. The topological polar surface area (TPSA) is 86.6 Å². The maximum atomic E-state index is 13.2. The van der Waals surface area contributed by atoms with Crippen LogP contribution in [-0.4, -0.2) is 51.7 Å². The Hall–Kier alpha value is -2.81. The molecule has 1 saturated heterocycles. The number of carbonyl (C=O) groups excluding carboxylic acids is 1. The average molecular weight is 513 g/mol. The summed E-state index contributed by atoms with van der Waals surface area (Å²) in [6.45, 7) is 6.62. The number of anilines is 1. The van der Waals surface area contributed by atoms with E-state index in [2.05, 4.69) is 34.2 Å². The predicted molar refractivity (Wildman–Crippen MR) is 139 cm³/mol. The molecule has 0 spiro atoms. The largest absolute Gasteiger partial charge is 0.481 e. The molecule has 0 radical (unpaired) electrons. The number of hydrogen-bond acceptors (Lipinski definition) is 6. The van der Waals surface area contributed by atoms with Crippen molar-refractivity contribution in [3.8, 4) is 10.6 Å². The van der Waals surface area contributed by atoms with Gasteiger partial charge in [-0.15, -0.1) is 10.2 Å². The quantitative estimate of drug-likeness (QED) is 0.408. The molecule has 1 aliphatic heterocycles. The Morgan fingerprint density at radius 2 is 1.97 bits per heavy atom. The first-order chi connectivity index (χ1) is 16.9.